The highest BCUT2D eigenvalue weighted by molar-refractivity contribution is 6.01. The number of halogens is 1. The van der Waals surface area contributed by atoms with E-state index in [4.69, 9.17) is 4.42 Å². The highest BCUT2D eigenvalue weighted by atomic mass is 19.1. The monoisotopic (exact) mass is 478 g/mol. The van der Waals surface area contributed by atoms with E-state index in [-0.39, 0.29) is 5.89 Å². The molecule has 1 aliphatic rings. The van der Waals surface area contributed by atoms with E-state index in [9.17, 15) is 9.18 Å². The van der Waals surface area contributed by atoms with E-state index in [1.54, 1.807) is 6.08 Å². The quantitative estimate of drug-likeness (QED) is 0.280. The third kappa shape index (κ3) is 4.20. The van der Waals surface area contributed by atoms with Crippen LogP contribution in [0.15, 0.2) is 82.0 Å². The van der Waals surface area contributed by atoms with Crippen molar-refractivity contribution in [3.8, 4) is 0 Å². The number of fused-ring (bicyclic) bond motifs is 1. The Morgan fingerprint density at radius 3 is 2.36 bits per heavy atom. The Balaban J connectivity index is 1.50. The first kappa shape index (κ1) is 22.0. The topological polar surface area (TPSA) is 87.6 Å². The van der Waals surface area contributed by atoms with Crippen LogP contribution in [0, 0.1) is 11.9 Å². The molecule has 1 fully saturated rings. The molecule has 0 amide bonds. The molecule has 2 heterocycles. The summed E-state index contributed by atoms with van der Waals surface area (Å²) in [7, 11) is 0. The number of nitrogens with one attached hydrogen (secondary N) is 2. The van der Waals surface area contributed by atoms with Gasteiger partial charge in [-0.2, -0.15) is 9.49 Å². The third-order valence-corrected chi connectivity index (χ3v) is 6.74. The van der Waals surface area contributed by atoms with Crippen LogP contribution in [0.3, 0.4) is 0 Å². The van der Waals surface area contributed by atoms with Gasteiger partial charge in [-0.05, 0) is 70.4 Å². The van der Waals surface area contributed by atoms with Gasteiger partial charge in [-0.15, -0.1) is 5.10 Å². The molecule has 6 nitrogen and oxygen atoms in total. The van der Waals surface area contributed by atoms with Gasteiger partial charge in [0.05, 0.1) is 10.9 Å². The Bertz CT molecular complexity index is 1640. The number of hydrogen-bond donors (Lipinski definition) is 2. The molecule has 0 aliphatic heterocycles. The van der Waals surface area contributed by atoms with Gasteiger partial charge in [0.25, 0.3) is 0 Å². The lowest BCUT2D eigenvalue weighted by molar-refractivity contribution is 0.401. The van der Waals surface area contributed by atoms with Crippen LogP contribution in [0.2, 0.25) is 0 Å². The van der Waals surface area contributed by atoms with Crippen LogP contribution < -0.4 is 5.76 Å². The Labute approximate surface area is 206 Å². The van der Waals surface area contributed by atoms with Crippen LogP contribution >= 0.6 is 0 Å². The molecule has 5 aromatic rings. The maximum Gasteiger partial charge on any atom is 0.434 e. The number of hydrogen-bond acceptors (Lipinski definition) is 4. The van der Waals surface area contributed by atoms with Crippen molar-refractivity contribution in [3.05, 3.63) is 117 Å². The zero-order valence-corrected chi connectivity index (χ0v) is 19.4. The summed E-state index contributed by atoms with van der Waals surface area (Å²) < 4.78 is 19.4. The summed E-state index contributed by atoms with van der Waals surface area (Å²) in [5.41, 5.74) is 7.11. The largest absolute Gasteiger partial charge is 0.434 e. The number of nitrogens with zero attached hydrogens (tertiary/aromatic N) is 2. The summed E-state index contributed by atoms with van der Waals surface area (Å²) in [5, 5.41) is 13.0. The van der Waals surface area contributed by atoms with Gasteiger partial charge in [-0.25, -0.2) is 9.89 Å². The number of rotatable bonds is 6. The van der Waals surface area contributed by atoms with E-state index in [1.165, 1.54) is 17.6 Å². The molecule has 0 bridgehead atoms. The third-order valence-electron chi connectivity index (χ3n) is 6.74. The molecule has 2 N–H and O–H groups in total. The average molecular weight is 479 g/mol. The predicted molar refractivity (Wildman–Crippen MR) is 138 cm³/mol. The Morgan fingerprint density at radius 1 is 0.889 bits per heavy atom. The molecular weight excluding hydrogens is 455 g/mol. The molecule has 36 heavy (non-hydrogen) atoms. The summed E-state index contributed by atoms with van der Waals surface area (Å²) in [6, 6.07) is 24.4. The lowest BCUT2D eigenvalue weighted by Gasteiger charge is -2.31. The van der Waals surface area contributed by atoms with Crippen LogP contribution in [0.5, 0.6) is 0 Å². The Hall–Kier alpha value is -4.52. The molecule has 7 heteroatoms. The molecular formula is C29H23FN4O2. The van der Waals surface area contributed by atoms with Crippen LogP contribution in [0.25, 0.3) is 34.2 Å². The number of H-pyrrole nitrogens is 2. The van der Waals surface area contributed by atoms with Gasteiger partial charge in [-0.1, -0.05) is 67.1 Å². The normalized spacial score (nSPS) is 14.8. The van der Waals surface area contributed by atoms with Gasteiger partial charge in [0.2, 0.25) is 11.8 Å². The van der Waals surface area contributed by atoms with E-state index < -0.39 is 11.7 Å². The van der Waals surface area contributed by atoms with Gasteiger partial charge in [0, 0.05) is 6.08 Å². The van der Waals surface area contributed by atoms with Crippen LogP contribution in [0.1, 0.15) is 47.4 Å². The lowest BCUT2D eigenvalue weighted by Crippen LogP contribution is -2.15. The van der Waals surface area contributed by atoms with Crippen molar-refractivity contribution in [1.29, 1.82) is 0 Å². The second-order valence-corrected chi connectivity index (χ2v) is 8.96. The maximum atomic E-state index is 14.5. The maximum absolute atomic E-state index is 14.5. The van der Waals surface area contributed by atoms with Gasteiger partial charge in [0.15, 0.2) is 0 Å². The minimum atomic E-state index is -0.588. The van der Waals surface area contributed by atoms with E-state index in [0.717, 1.165) is 35.1 Å². The Kier molecular flexibility index (Phi) is 5.65. The first-order chi connectivity index (χ1) is 17.7. The zero-order valence-electron chi connectivity index (χ0n) is 19.4. The average Bonchev–Trinajstić information content (AvgIpc) is 3.47. The van der Waals surface area contributed by atoms with E-state index in [2.05, 4.69) is 56.8 Å². The molecule has 0 saturated heterocycles. The lowest BCUT2D eigenvalue weighted by atomic mass is 9.73. The highest BCUT2D eigenvalue weighted by Gasteiger charge is 2.27. The van der Waals surface area contributed by atoms with Crippen molar-refractivity contribution in [2.45, 2.75) is 19.3 Å². The van der Waals surface area contributed by atoms with Crippen LogP contribution in [-0.4, -0.2) is 20.4 Å². The van der Waals surface area contributed by atoms with Crippen molar-refractivity contribution < 1.29 is 8.81 Å². The molecule has 6 rings (SSSR count). The summed E-state index contributed by atoms with van der Waals surface area (Å²) >= 11 is 0. The van der Waals surface area contributed by atoms with Crippen molar-refractivity contribution in [1.82, 2.24) is 20.4 Å². The zero-order chi connectivity index (χ0) is 24.5. The summed E-state index contributed by atoms with van der Waals surface area (Å²) in [5.74, 6) is -0.359. The van der Waals surface area contributed by atoms with Gasteiger partial charge in [-0.3, -0.25) is 5.10 Å². The highest BCUT2D eigenvalue weighted by Crippen LogP contribution is 2.45. The smallest absolute Gasteiger partial charge is 0.388 e. The van der Waals surface area contributed by atoms with Crippen LogP contribution in [0.4, 0.5) is 4.39 Å². The second kappa shape index (κ2) is 9.26. The summed E-state index contributed by atoms with van der Waals surface area (Å²) in [6.45, 7) is 0. The van der Waals surface area contributed by atoms with Gasteiger partial charge < -0.3 is 4.42 Å². The van der Waals surface area contributed by atoms with Crippen molar-refractivity contribution in [2.75, 3.05) is 0 Å². The van der Waals surface area contributed by atoms with Crippen molar-refractivity contribution >= 4 is 34.2 Å². The standard InChI is InChI=1S/C29H23FN4O2/c30-28-23-17-22(14-15-24(23)31-33-28)27(26(20-7-4-8-20)19-5-2-1-3-6-19)21-12-9-18(10-13-21)11-16-25-32-34-29(35)36-25/h1-3,5-6,9-17,20H,4,7-8H2,(H,31,33)(H,34,35)/b16-11+,27-26-. The molecule has 0 unspecified atom stereocenters. The predicted octanol–water partition coefficient (Wildman–Crippen LogP) is 6.31. The second-order valence-electron chi connectivity index (χ2n) is 8.96. The summed E-state index contributed by atoms with van der Waals surface area (Å²) in [6.07, 6.45) is 6.94. The fraction of sp³-hybridized carbons (Fsp3) is 0.138. The number of aromatic nitrogens is 4. The molecule has 0 atom stereocenters. The molecule has 178 valence electrons. The summed E-state index contributed by atoms with van der Waals surface area (Å²) in [4.78, 5) is 11.2. The fourth-order valence-electron chi connectivity index (χ4n) is 4.75. The minimum Gasteiger partial charge on any atom is -0.388 e. The van der Waals surface area contributed by atoms with Crippen LogP contribution in [-0.2, 0) is 0 Å². The van der Waals surface area contributed by atoms with Crippen molar-refractivity contribution in [2.24, 2.45) is 5.92 Å². The van der Waals surface area contributed by atoms with Crippen molar-refractivity contribution in [3.63, 3.8) is 0 Å². The molecule has 1 aliphatic carbocycles. The minimum absolute atomic E-state index is 0.219. The first-order valence-electron chi connectivity index (χ1n) is 11.9. The molecule has 2 aromatic heterocycles. The molecule has 3 aromatic carbocycles. The van der Waals surface area contributed by atoms with Gasteiger partial charge in [0.1, 0.15) is 0 Å². The Morgan fingerprint density at radius 2 is 1.67 bits per heavy atom. The first-order valence-corrected chi connectivity index (χ1v) is 11.9. The van der Waals surface area contributed by atoms with E-state index in [0.29, 0.717) is 16.8 Å². The molecule has 0 radical (unpaired) electrons. The fourth-order valence-corrected chi connectivity index (χ4v) is 4.75. The van der Waals surface area contributed by atoms with E-state index in [1.807, 2.05) is 42.5 Å². The number of allylic oxidation sites excluding steroid dienone is 1. The van der Waals surface area contributed by atoms with Gasteiger partial charge >= 0.3 is 5.76 Å². The number of benzene rings is 3. The molecule has 1 saturated carbocycles. The number of aromatic amines is 2. The molecule has 0 spiro atoms. The SMILES string of the molecule is O=c1[nH]nc(/C=C/c2ccc(/C(=C(\c3ccccc3)C3CCC3)c3ccc4n[nH]c(F)c4c3)cc2)o1. The van der Waals surface area contributed by atoms with E-state index >= 15 is 0 Å².